The van der Waals surface area contributed by atoms with E-state index >= 15 is 0 Å². The molecule has 0 N–H and O–H groups in total. The fourth-order valence-corrected chi connectivity index (χ4v) is 3.64. The lowest BCUT2D eigenvalue weighted by Crippen LogP contribution is -2.40. The minimum Gasteiger partial charge on any atom is -0.486 e. The third-order valence-electron chi connectivity index (χ3n) is 5.08. The number of benzene rings is 2. The van der Waals surface area contributed by atoms with Crippen LogP contribution in [0.2, 0.25) is 0 Å². The molecule has 142 valence electrons. The van der Waals surface area contributed by atoms with Crippen molar-refractivity contribution in [2.75, 3.05) is 39.5 Å². The molecule has 2 aliphatic rings. The number of pyridine rings is 1. The average Bonchev–Trinajstić information content (AvgIpc) is 2.78. The van der Waals surface area contributed by atoms with Gasteiger partial charge in [-0.15, -0.1) is 0 Å². The Hall–Kier alpha value is -3.12. The summed E-state index contributed by atoms with van der Waals surface area (Å²) in [6, 6.07) is 15.4. The number of aromatic nitrogens is 1. The van der Waals surface area contributed by atoms with Gasteiger partial charge in [-0.05, 0) is 30.3 Å². The Kier molecular flexibility index (Phi) is 4.33. The molecule has 2 aliphatic heterocycles. The molecule has 1 amide bonds. The fourth-order valence-electron chi connectivity index (χ4n) is 3.64. The molecule has 0 radical (unpaired) electrons. The van der Waals surface area contributed by atoms with Gasteiger partial charge in [0.05, 0.1) is 30.0 Å². The first-order chi connectivity index (χ1) is 13.8. The number of ether oxygens (including phenoxy) is 3. The normalized spacial score (nSPS) is 16.2. The molecule has 0 bridgehead atoms. The van der Waals surface area contributed by atoms with Gasteiger partial charge < -0.3 is 19.1 Å². The number of carbonyl (C=O) groups is 1. The zero-order valence-electron chi connectivity index (χ0n) is 15.4. The molecule has 2 aromatic carbocycles. The van der Waals surface area contributed by atoms with E-state index in [1.54, 1.807) is 0 Å². The van der Waals surface area contributed by atoms with Gasteiger partial charge in [0.25, 0.3) is 5.91 Å². The van der Waals surface area contributed by atoms with Crippen LogP contribution in [0, 0.1) is 0 Å². The highest BCUT2D eigenvalue weighted by atomic mass is 16.6. The molecule has 5 rings (SSSR count). The van der Waals surface area contributed by atoms with Crippen LogP contribution in [-0.4, -0.2) is 55.3 Å². The summed E-state index contributed by atoms with van der Waals surface area (Å²) in [4.78, 5) is 19.9. The van der Waals surface area contributed by atoms with Crippen molar-refractivity contribution in [2.24, 2.45) is 0 Å². The molecule has 3 heterocycles. The molecule has 1 saturated heterocycles. The van der Waals surface area contributed by atoms with Crippen molar-refractivity contribution < 1.29 is 19.0 Å². The van der Waals surface area contributed by atoms with E-state index in [1.165, 1.54) is 0 Å². The number of carbonyl (C=O) groups excluding carboxylic acids is 1. The van der Waals surface area contributed by atoms with Gasteiger partial charge in [0.1, 0.15) is 13.2 Å². The molecule has 6 heteroatoms. The minimum atomic E-state index is 0.0145. The van der Waals surface area contributed by atoms with Crippen molar-refractivity contribution in [1.29, 1.82) is 0 Å². The first kappa shape index (κ1) is 17.0. The van der Waals surface area contributed by atoms with E-state index in [1.807, 2.05) is 53.4 Å². The van der Waals surface area contributed by atoms with Gasteiger partial charge in [0, 0.05) is 24.0 Å². The molecule has 0 unspecified atom stereocenters. The smallest absolute Gasteiger partial charge is 0.254 e. The van der Waals surface area contributed by atoms with Crippen molar-refractivity contribution in [3.8, 4) is 22.8 Å². The van der Waals surface area contributed by atoms with Gasteiger partial charge in [-0.25, -0.2) is 4.98 Å². The molecule has 6 nitrogen and oxygen atoms in total. The Morgan fingerprint density at radius 1 is 0.893 bits per heavy atom. The van der Waals surface area contributed by atoms with Gasteiger partial charge >= 0.3 is 0 Å². The zero-order chi connectivity index (χ0) is 18.9. The predicted molar refractivity (Wildman–Crippen MR) is 105 cm³/mol. The molecule has 0 aliphatic carbocycles. The summed E-state index contributed by atoms with van der Waals surface area (Å²) in [7, 11) is 0. The first-order valence-corrected chi connectivity index (χ1v) is 9.46. The molecular formula is C22H20N2O4. The van der Waals surface area contributed by atoms with Gasteiger partial charge in [0.15, 0.2) is 11.5 Å². The van der Waals surface area contributed by atoms with Crippen molar-refractivity contribution in [3.63, 3.8) is 0 Å². The van der Waals surface area contributed by atoms with E-state index in [2.05, 4.69) is 0 Å². The van der Waals surface area contributed by atoms with Crippen molar-refractivity contribution in [3.05, 3.63) is 54.1 Å². The summed E-state index contributed by atoms with van der Waals surface area (Å²) in [6.45, 7) is 3.44. The third-order valence-corrected chi connectivity index (χ3v) is 5.08. The van der Waals surface area contributed by atoms with Crippen LogP contribution in [0.4, 0.5) is 0 Å². The van der Waals surface area contributed by atoms with Crippen LogP contribution in [0.25, 0.3) is 22.2 Å². The second-order valence-corrected chi connectivity index (χ2v) is 6.84. The molecule has 0 atom stereocenters. The van der Waals surface area contributed by atoms with Gasteiger partial charge in [0.2, 0.25) is 0 Å². The quantitative estimate of drug-likeness (QED) is 0.688. The summed E-state index contributed by atoms with van der Waals surface area (Å²) in [6.07, 6.45) is 0. The Labute approximate surface area is 162 Å². The largest absolute Gasteiger partial charge is 0.486 e. The number of amides is 1. The first-order valence-electron chi connectivity index (χ1n) is 9.46. The lowest BCUT2D eigenvalue weighted by atomic mass is 10.0. The monoisotopic (exact) mass is 376 g/mol. The second-order valence-electron chi connectivity index (χ2n) is 6.84. The highest BCUT2D eigenvalue weighted by Gasteiger charge is 2.22. The Balaban J connectivity index is 1.61. The summed E-state index contributed by atoms with van der Waals surface area (Å²) in [5.74, 6) is 1.46. The topological polar surface area (TPSA) is 60.9 Å². The standard InChI is InChI=1S/C22H20N2O4/c25-22(24-7-9-26-10-8-24)17-14-19(23-18-4-2-1-3-16(17)18)15-5-6-20-21(13-15)28-12-11-27-20/h1-6,13-14H,7-12H2. The van der Waals surface area contributed by atoms with Gasteiger partial charge in [-0.3, -0.25) is 4.79 Å². The lowest BCUT2D eigenvalue weighted by molar-refractivity contribution is 0.0304. The summed E-state index contributed by atoms with van der Waals surface area (Å²) >= 11 is 0. The summed E-state index contributed by atoms with van der Waals surface area (Å²) in [5, 5.41) is 0.861. The molecular weight excluding hydrogens is 356 g/mol. The van der Waals surface area contributed by atoms with Crippen LogP contribution in [0.3, 0.4) is 0 Å². The number of para-hydroxylation sites is 1. The maximum atomic E-state index is 13.2. The van der Waals surface area contributed by atoms with E-state index in [9.17, 15) is 4.79 Å². The predicted octanol–water partition coefficient (Wildman–Crippen LogP) is 3.15. The van der Waals surface area contributed by atoms with Crippen LogP contribution < -0.4 is 9.47 Å². The highest BCUT2D eigenvalue weighted by molar-refractivity contribution is 6.07. The fraction of sp³-hybridized carbons (Fsp3) is 0.273. The van der Waals surface area contributed by atoms with E-state index in [0.29, 0.717) is 50.8 Å². The Morgan fingerprint density at radius 3 is 2.54 bits per heavy atom. The average molecular weight is 376 g/mol. The van der Waals surface area contributed by atoms with Crippen molar-refractivity contribution >= 4 is 16.8 Å². The van der Waals surface area contributed by atoms with Crippen LogP contribution in [-0.2, 0) is 4.74 Å². The number of hydrogen-bond donors (Lipinski definition) is 0. The number of fused-ring (bicyclic) bond motifs is 2. The number of rotatable bonds is 2. The molecule has 28 heavy (non-hydrogen) atoms. The minimum absolute atomic E-state index is 0.0145. The second kappa shape index (κ2) is 7.13. The molecule has 0 saturated carbocycles. The zero-order valence-corrected chi connectivity index (χ0v) is 15.4. The lowest BCUT2D eigenvalue weighted by Gasteiger charge is -2.27. The molecule has 3 aromatic rings. The summed E-state index contributed by atoms with van der Waals surface area (Å²) in [5.41, 5.74) is 3.10. The maximum absolute atomic E-state index is 13.2. The maximum Gasteiger partial charge on any atom is 0.254 e. The van der Waals surface area contributed by atoms with Crippen molar-refractivity contribution in [2.45, 2.75) is 0 Å². The number of nitrogens with zero attached hydrogens (tertiary/aromatic N) is 2. The van der Waals surface area contributed by atoms with Crippen LogP contribution in [0.5, 0.6) is 11.5 Å². The van der Waals surface area contributed by atoms with E-state index in [0.717, 1.165) is 27.9 Å². The molecule has 1 fully saturated rings. The number of hydrogen-bond acceptors (Lipinski definition) is 5. The van der Waals surface area contributed by atoms with E-state index < -0.39 is 0 Å². The van der Waals surface area contributed by atoms with Crippen LogP contribution in [0.15, 0.2) is 48.5 Å². The van der Waals surface area contributed by atoms with E-state index in [-0.39, 0.29) is 5.91 Å². The van der Waals surface area contributed by atoms with E-state index in [4.69, 9.17) is 19.2 Å². The molecule has 1 aromatic heterocycles. The Bertz CT molecular complexity index is 1040. The number of morpholine rings is 1. The van der Waals surface area contributed by atoms with Crippen molar-refractivity contribution in [1.82, 2.24) is 9.88 Å². The Morgan fingerprint density at radius 2 is 1.68 bits per heavy atom. The summed E-state index contributed by atoms with van der Waals surface area (Å²) < 4.78 is 16.7. The van der Waals surface area contributed by atoms with Gasteiger partial charge in [-0.1, -0.05) is 18.2 Å². The molecule has 0 spiro atoms. The van der Waals surface area contributed by atoms with Gasteiger partial charge in [-0.2, -0.15) is 0 Å². The third kappa shape index (κ3) is 3.05. The van der Waals surface area contributed by atoms with Crippen LogP contribution >= 0.6 is 0 Å². The SMILES string of the molecule is O=C(c1cc(-c2ccc3c(c2)OCCO3)nc2ccccc12)N1CCOCC1. The highest BCUT2D eigenvalue weighted by Crippen LogP contribution is 2.35. The van der Waals surface area contributed by atoms with Crippen LogP contribution in [0.1, 0.15) is 10.4 Å².